The quantitative estimate of drug-likeness (QED) is 0.641. The summed E-state index contributed by atoms with van der Waals surface area (Å²) in [6, 6.07) is 19.6. The van der Waals surface area contributed by atoms with Crippen molar-refractivity contribution < 1.29 is 9.53 Å². The molecule has 1 N–H and O–H groups in total. The molecule has 26 heavy (non-hydrogen) atoms. The molecule has 1 heterocycles. The lowest BCUT2D eigenvalue weighted by Gasteiger charge is -2.37. The van der Waals surface area contributed by atoms with E-state index >= 15 is 0 Å². The van der Waals surface area contributed by atoms with Crippen LogP contribution in [0.3, 0.4) is 0 Å². The third kappa shape index (κ3) is 3.78. The van der Waals surface area contributed by atoms with Gasteiger partial charge in [0.1, 0.15) is 0 Å². The van der Waals surface area contributed by atoms with E-state index < -0.39 is 0 Å². The molecule has 0 spiro atoms. The van der Waals surface area contributed by atoms with Crippen molar-refractivity contribution in [2.45, 2.75) is 26.4 Å². The van der Waals surface area contributed by atoms with Gasteiger partial charge in [0, 0.05) is 12.2 Å². The standard InChI is InChI=1S/C21H22N2O2S/c1-3-25-20(24)18-15(2)23(14-16-10-6-4-7-11-16)21(26)22-19(18)17-12-8-5-9-13-17/h4-13,19H,3,14H2,1-2H3,(H,22,26). The molecule has 3 rings (SSSR count). The van der Waals surface area contributed by atoms with Crippen LogP contribution >= 0.6 is 12.2 Å². The van der Waals surface area contributed by atoms with Crippen LogP contribution in [0.1, 0.15) is 31.0 Å². The van der Waals surface area contributed by atoms with Gasteiger partial charge in [-0.1, -0.05) is 60.7 Å². The number of benzene rings is 2. The second-order valence-corrected chi connectivity index (χ2v) is 6.47. The molecule has 4 nitrogen and oxygen atoms in total. The fourth-order valence-electron chi connectivity index (χ4n) is 3.11. The highest BCUT2D eigenvalue weighted by Crippen LogP contribution is 2.32. The Morgan fingerprint density at radius 3 is 2.35 bits per heavy atom. The summed E-state index contributed by atoms with van der Waals surface area (Å²) in [5.41, 5.74) is 3.53. The minimum atomic E-state index is -0.313. The van der Waals surface area contributed by atoms with Gasteiger partial charge >= 0.3 is 5.97 Å². The first-order chi connectivity index (χ1) is 12.6. The number of ether oxygens (including phenoxy) is 1. The number of thiocarbonyl (C=S) groups is 1. The van der Waals surface area contributed by atoms with Crippen molar-refractivity contribution >= 4 is 23.3 Å². The van der Waals surface area contributed by atoms with Crippen molar-refractivity contribution in [2.24, 2.45) is 0 Å². The van der Waals surface area contributed by atoms with E-state index in [0.717, 1.165) is 16.8 Å². The predicted octanol–water partition coefficient (Wildman–Crippen LogP) is 3.96. The largest absolute Gasteiger partial charge is 0.463 e. The number of hydrogen-bond donors (Lipinski definition) is 1. The average molecular weight is 366 g/mol. The molecule has 0 fully saturated rings. The van der Waals surface area contributed by atoms with Crippen molar-refractivity contribution in [1.29, 1.82) is 0 Å². The Labute approximate surface area is 159 Å². The van der Waals surface area contributed by atoms with Crippen LogP contribution in [0.15, 0.2) is 71.9 Å². The van der Waals surface area contributed by atoms with Gasteiger partial charge in [-0.15, -0.1) is 0 Å². The lowest BCUT2D eigenvalue weighted by molar-refractivity contribution is -0.139. The molecule has 1 atom stereocenters. The van der Waals surface area contributed by atoms with Crippen molar-refractivity contribution in [1.82, 2.24) is 10.2 Å². The van der Waals surface area contributed by atoms with Crippen molar-refractivity contribution in [3.8, 4) is 0 Å². The van der Waals surface area contributed by atoms with Crippen molar-refractivity contribution in [3.63, 3.8) is 0 Å². The molecule has 5 heteroatoms. The zero-order chi connectivity index (χ0) is 18.5. The fraction of sp³-hybridized carbons (Fsp3) is 0.238. The molecular weight excluding hydrogens is 344 g/mol. The van der Waals surface area contributed by atoms with E-state index in [1.54, 1.807) is 0 Å². The Morgan fingerprint density at radius 2 is 1.73 bits per heavy atom. The second kappa shape index (κ2) is 8.15. The zero-order valence-corrected chi connectivity index (χ0v) is 15.8. The summed E-state index contributed by atoms with van der Waals surface area (Å²) in [7, 11) is 0. The lowest BCUT2D eigenvalue weighted by Crippen LogP contribution is -2.47. The maximum atomic E-state index is 12.7. The summed E-state index contributed by atoms with van der Waals surface area (Å²) in [4.78, 5) is 14.7. The average Bonchev–Trinajstić information content (AvgIpc) is 2.66. The van der Waals surface area contributed by atoms with E-state index in [0.29, 0.717) is 23.8 Å². The molecule has 1 aliphatic heterocycles. The van der Waals surface area contributed by atoms with Crippen LogP contribution in [0.5, 0.6) is 0 Å². The van der Waals surface area contributed by atoms with E-state index in [9.17, 15) is 4.79 Å². The van der Waals surface area contributed by atoms with Crippen molar-refractivity contribution in [3.05, 3.63) is 83.1 Å². The molecule has 0 saturated heterocycles. The van der Waals surface area contributed by atoms with Crippen molar-refractivity contribution in [2.75, 3.05) is 6.61 Å². The van der Waals surface area contributed by atoms with Gasteiger partial charge in [0.25, 0.3) is 0 Å². The van der Waals surface area contributed by atoms with Gasteiger partial charge in [0.05, 0.1) is 18.2 Å². The van der Waals surface area contributed by atoms with Crippen LogP contribution in [-0.4, -0.2) is 22.6 Å². The Morgan fingerprint density at radius 1 is 1.12 bits per heavy atom. The molecule has 0 bridgehead atoms. The fourth-order valence-corrected chi connectivity index (χ4v) is 3.43. The number of nitrogens with one attached hydrogen (secondary N) is 1. The monoisotopic (exact) mass is 366 g/mol. The van der Waals surface area contributed by atoms with Gasteiger partial charge in [-0.3, -0.25) is 0 Å². The Bertz CT molecular complexity index is 818. The maximum absolute atomic E-state index is 12.7. The van der Waals surface area contributed by atoms with Crippen LogP contribution in [0, 0.1) is 0 Å². The number of nitrogens with zero attached hydrogens (tertiary/aromatic N) is 1. The molecular formula is C21H22N2O2S. The third-order valence-electron chi connectivity index (χ3n) is 4.41. The summed E-state index contributed by atoms with van der Waals surface area (Å²) >= 11 is 5.61. The number of esters is 1. The van der Waals surface area contributed by atoms with Gasteiger partial charge < -0.3 is 15.0 Å². The molecule has 2 aromatic carbocycles. The van der Waals surface area contributed by atoms with Crippen LogP contribution in [-0.2, 0) is 16.1 Å². The highest BCUT2D eigenvalue weighted by atomic mass is 32.1. The first kappa shape index (κ1) is 18.1. The van der Waals surface area contributed by atoms with Crippen LogP contribution in [0.2, 0.25) is 0 Å². The van der Waals surface area contributed by atoms with Gasteiger partial charge in [-0.2, -0.15) is 0 Å². The Hall–Kier alpha value is -2.66. The van der Waals surface area contributed by atoms with Gasteiger partial charge in [-0.05, 0) is 37.2 Å². The van der Waals surface area contributed by atoms with E-state index in [4.69, 9.17) is 17.0 Å². The van der Waals surface area contributed by atoms with Crippen LogP contribution < -0.4 is 5.32 Å². The SMILES string of the molecule is CCOC(=O)C1=C(C)N(Cc2ccccc2)C(=S)NC1c1ccccc1. The Kier molecular flexibility index (Phi) is 5.68. The highest BCUT2D eigenvalue weighted by molar-refractivity contribution is 7.80. The number of carbonyl (C=O) groups excluding carboxylic acids is 1. The van der Waals surface area contributed by atoms with Crippen LogP contribution in [0.25, 0.3) is 0 Å². The molecule has 0 radical (unpaired) electrons. The molecule has 2 aromatic rings. The minimum absolute atomic E-state index is 0.310. The summed E-state index contributed by atoms with van der Waals surface area (Å²) in [6.45, 7) is 4.68. The van der Waals surface area contributed by atoms with E-state index in [1.807, 2.05) is 79.4 Å². The Balaban J connectivity index is 2.01. The smallest absolute Gasteiger partial charge is 0.338 e. The molecule has 0 aliphatic carbocycles. The normalized spacial score (nSPS) is 17.1. The third-order valence-corrected chi connectivity index (χ3v) is 4.75. The molecule has 134 valence electrons. The zero-order valence-electron chi connectivity index (χ0n) is 14.9. The summed E-state index contributed by atoms with van der Waals surface area (Å²) in [5.74, 6) is -0.313. The molecule has 1 aliphatic rings. The van der Waals surface area contributed by atoms with Gasteiger partial charge in [0.2, 0.25) is 0 Å². The highest BCUT2D eigenvalue weighted by Gasteiger charge is 2.34. The van der Waals surface area contributed by atoms with Crippen LogP contribution in [0.4, 0.5) is 0 Å². The van der Waals surface area contributed by atoms with E-state index in [2.05, 4.69) is 5.32 Å². The van der Waals surface area contributed by atoms with E-state index in [1.165, 1.54) is 0 Å². The van der Waals surface area contributed by atoms with E-state index in [-0.39, 0.29) is 12.0 Å². The summed E-state index contributed by atoms with van der Waals surface area (Å²) < 4.78 is 5.33. The lowest BCUT2D eigenvalue weighted by atomic mass is 9.95. The predicted molar refractivity (Wildman–Crippen MR) is 106 cm³/mol. The number of rotatable bonds is 5. The number of hydrogen-bond acceptors (Lipinski definition) is 3. The molecule has 0 amide bonds. The second-order valence-electron chi connectivity index (χ2n) is 6.08. The molecule has 0 aromatic heterocycles. The number of carbonyl (C=O) groups is 1. The van der Waals surface area contributed by atoms with Gasteiger partial charge in [0.15, 0.2) is 5.11 Å². The summed E-state index contributed by atoms with van der Waals surface area (Å²) in [5, 5.41) is 3.93. The molecule has 1 unspecified atom stereocenters. The summed E-state index contributed by atoms with van der Waals surface area (Å²) in [6.07, 6.45) is 0. The minimum Gasteiger partial charge on any atom is -0.463 e. The number of allylic oxidation sites excluding steroid dienone is 1. The molecule has 0 saturated carbocycles. The first-order valence-electron chi connectivity index (χ1n) is 8.66. The van der Waals surface area contributed by atoms with Gasteiger partial charge in [-0.25, -0.2) is 4.79 Å². The maximum Gasteiger partial charge on any atom is 0.338 e. The first-order valence-corrected chi connectivity index (χ1v) is 9.07. The topological polar surface area (TPSA) is 41.6 Å².